The van der Waals surface area contributed by atoms with Crippen LogP contribution in [-0.4, -0.2) is 18.3 Å². The summed E-state index contributed by atoms with van der Waals surface area (Å²) in [6.45, 7) is 0. The lowest BCUT2D eigenvalue weighted by Crippen LogP contribution is -2.18. The van der Waals surface area contributed by atoms with E-state index in [-0.39, 0.29) is 0 Å². The molecule has 0 atom stereocenters. The van der Waals surface area contributed by atoms with E-state index < -0.39 is 43.3 Å². The summed E-state index contributed by atoms with van der Waals surface area (Å²) in [5.41, 5.74) is 2.58. The van der Waals surface area contributed by atoms with Crippen molar-refractivity contribution in [3.8, 4) is 0 Å². The van der Waals surface area contributed by atoms with Crippen LogP contribution in [-0.2, 0) is 10.0 Å². The molecule has 17 heavy (non-hydrogen) atoms. The molecule has 0 aliphatic rings. The highest BCUT2D eigenvalue weighted by molar-refractivity contribution is 7.89. The highest BCUT2D eigenvalue weighted by atomic mass is 32.2. The van der Waals surface area contributed by atoms with Crippen molar-refractivity contribution in [2.24, 2.45) is 5.14 Å². The molecule has 1 aromatic heterocycles. The third-order valence-electron chi connectivity index (χ3n) is 1.77. The van der Waals surface area contributed by atoms with Gasteiger partial charge in [0.1, 0.15) is 5.56 Å². The van der Waals surface area contributed by atoms with Crippen LogP contribution in [0.15, 0.2) is 11.1 Å². The van der Waals surface area contributed by atoms with Gasteiger partial charge in [-0.05, 0) is 0 Å². The third-order valence-corrected chi connectivity index (χ3v) is 2.74. The van der Waals surface area contributed by atoms with Crippen LogP contribution in [0.25, 0.3) is 0 Å². The van der Waals surface area contributed by atoms with Crippen molar-refractivity contribution in [2.75, 3.05) is 5.73 Å². The third kappa shape index (κ3) is 2.45. The van der Waals surface area contributed by atoms with Crippen LogP contribution in [0.4, 0.5) is 20.3 Å². The number of hydrogen-bond acceptors (Lipinski definition) is 6. The van der Waals surface area contributed by atoms with E-state index in [0.717, 1.165) is 0 Å². The van der Waals surface area contributed by atoms with Crippen molar-refractivity contribution < 1.29 is 22.1 Å². The molecule has 8 nitrogen and oxygen atoms in total. The summed E-state index contributed by atoms with van der Waals surface area (Å²) in [5.74, 6) is -0.802. The zero-order valence-corrected chi connectivity index (χ0v) is 8.82. The molecule has 4 N–H and O–H groups in total. The second kappa shape index (κ2) is 4.18. The number of pyridine rings is 1. The summed E-state index contributed by atoms with van der Waals surface area (Å²) in [4.78, 5) is 11.3. The molecule has 0 aromatic carbocycles. The second-order valence-electron chi connectivity index (χ2n) is 2.88. The smallest absolute Gasteiger partial charge is 0.303 e. The molecule has 0 saturated carbocycles. The van der Waals surface area contributed by atoms with Gasteiger partial charge in [-0.3, -0.25) is 10.1 Å². The Kier molecular flexibility index (Phi) is 3.24. The number of nitrogens with zero attached hydrogens (tertiary/aromatic N) is 2. The number of aromatic nitrogens is 1. The molecule has 0 bridgehead atoms. The first-order valence-electron chi connectivity index (χ1n) is 3.90. The number of nitrogen functional groups attached to an aromatic ring is 1. The monoisotopic (exact) mass is 268 g/mol. The van der Waals surface area contributed by atoms with Gasteiger partial charge in [0.25, 0.3) is 6.43 Å². The molecule has 0 radical (unpaired) electrons. The van der Waals surface area contributed by atoms with E-state index in [2.05, 4.69) is 10.1 Å². The molecule has 0 unspecified atom stereocenters. The zero-order valence-electron chi connectivity index (χ0n) is 8.00. The standard InChI is InChI=1S/C6H6F2N4O4S/c7-5(8)2-1-11-6(9)4(17(10,15)16)3(2)12(13)14/h1,5H,(H2,9,11)(H2,10,15,16). The molecule has 0 spiro atoms. The molecule has 11 heteroatoms. The number of nitrogens with two attached hydrogens (primary N) is 2. The van der Waals surface area contributed by atoms with Gasteiger partial charge < -0.3 is 5.73 Å². The Bertz CT molecular complexity index is 574. The molecule has 0 aliphatic carbocycles. The van der Waals surface area contributed by atoms with Gasteiger partial charge in [-0.15, -0.1) is 0 Å². The minimum atomic E-state index is -4.63. The molecule has 0 aliphatic heterocycles. The summed E-state index contributed by atoms with van der Waals surface area (Å²) < 4.78 is 47.1. The molecule has 1 rings (SSSR count). The van der Waals surface area contributed by atoms with E-state index in [4.69, 9.17) is 5.73 Å². The van der Waals surface area contributed by atoms with Crippen molar-refractivity contribution in [2.45, 2.75) is 11.3 Å². The van der Waals surface area contributed by atoms with Gasteiger partial charge in [0.2, 0.25) is 14.9 Å². The summed E-state index contributed by atoms with van der Waals surface area (Å²) in [5, 5.41) is 15.3. The normalized spacial score (nSPS) is 11.8. The maximum atomic E-state index is 12.5. The van der Waals surface area contributed by atoms with E-state index in [1.54, 1.807) is 0 Å². The first-order chi connectivity index (χ1) is 7.66. The predicted molar refractivity (Wildman–Crippen MR) is 51.6 cm³/mol. The number of alkyl halides is 2. The first-order valence-corrected chi connectivity index (χ1v) is 5.44. The van der Waals surface area contributed by atoms with Crippen molar-refractivity contribution in [1.29, 1.82) is 0 Å². The van der Waals surface area contributed by atoms with E-state index in [9.17, 15) is 27.3 Å². The number of sulfonamides is 1. The van der Waals surface area contributed by atoms with Crippen LogP contribution in [0.5, 0.6) is 0 Å². The Morgan fingerprint density at radius 2 is 2.00 bits per heavy atom. The fourth-order valence-corrected chi connectivity index (χ4v) is 1.95. The average molecular weight is 268 g/mol. The lowest BCUT2D eigenvalue weighted by molar-refractivity contribution is -0.389. The Labute approximate surface area is 93.4 Å². The minimum Gasteiger partial charge on any atom is -0.382 e. The zero-order chi connectivity index (χ0) is 13.4. The summed E-state index contributed by atoms with van der Waals surface area (Å²) in [7, 11) is -4.63. The van der Waals surface area contributed by atoms with Crippen LogP contribution < -0.4 is 10.9 Å². The Morgan fingerprint density at radius 3 is 2.35 bits per heavy atom. The maximum Gasteiger partial charge on any atom is 0.303 e. The van der Waals surface area contributed by atoms with Gasteiger partial charge in [0.15, 0.2) is 5.82 Å². The predicted octanol–water partition coefficient (Wildman–Crippen LogP) is 0.157. The van der Waals surface area contributed by atoms with E-state index >= 15 is 0 Å². The van der Waals surface area contributed by atoms with Crippen molar-refractivity contribution in [3.63, 3.8) is 0 Å². The molecule has 94 valence electrons. The number of halogens is 2. The van der Waals surface area contributed by atoms with E-state index in [0.29, 0.717) is 6.20 Å². The van der Waals surface area contributed by atoms with Crippen LogP contribution in [0.2, 0.25) is 0 Å². The quantitative estimate of drug-likeness (QED) is 0.590. The highest BCUT2D eigenvalue weighted by Gasteiger charge is 2.34. The number of rotatable bonds is 3. The Hall–Kier alpha value is -1.88. The van der Waals surface area contributed by atoms with E-state index in [1.807, 2.05) is 0 Å². The number of anilines is 1. The van der Waals surface area contributed by atoms with Gasteiger partial charge in [-0.25, -0.2) is 27.3 Å². The first kappa shape index (κ1) is 13.2. The lowest BCUT2D eigenvalue weighted by Gasteiger charge is -2.07. The summed E-state index contributed by atoms with van der Waals surface area (Å²) in [6, 6.07) is 0. The molecule has 1 heterocycles. The van der Waals surface area contributed by atoms with Crippen molar-refractivity contribution >= 4 is 21.5 Å². The highest BCUT2D eigenvalue weighted by Crippen LogP contribution is 2.35. The summed E-state index contributed by atoms with van der Waals surface area (Å²) >= 11 is 0. The SMILES string of the molecule is Nc1ncc(C(F)F)c([N+](=O)[O-])c1S(N)(=O)=O. The van der Waals surface area contributed by atoms with Crippen LogP contribution in [0, 0.1) is 10.1 Å². The van der Waals surface area contributed by atoms with Gasteiger partial charge in [-0.2, -0.15) is 0 Å². The Balaban J connectivity index is 3.80. The fraction of sp³-hybridized carbons (Fsp3) is 0.167. The van der Waals surface area contributed by atoms with Gasteiger partial charge >= 0.3 is 5.69 Å². The van der Waals surface area contributed by atoms with Gasteiger partial charge in [0.05, 0.1) is 4.92 Å². The largest absolute Gasteiger partial charge is 0.382 e. The molecule has 0 saturated heterocycles. The maximum absolute atomic E-state index is 12.5. The second-order valence-corrected chi connectivity index (χ2v) is 4.38. The lowest BCUT2D eigenvalue weighted by atomic mass is 10.2. The number of primary sulfonamides is 1. The van der Waals surface area contributed by atoms with Gasteiger partial charge in [0, 0.05) is 6.20 Å². The fourth-order valence-electron chi connectivity index (χ4n) is 1.14. The molecule has 0 fully saturated rings. The minimum absolute atomic E-state index is 0.437. The van der Waals surface area contributed by atoms with Crippen molar-refractivity contribution in [1.82, 2.24) is 4.98 Å². The van der Waals surface area contributed by atoms with Crippen LogP contribution in [0.1, 0.15) is 12.0 Å². The van der Waals surface area contributed by atoms with Gasteiger partial charge in [-0.1, -0.05) is 0 Å². The summed E-state index contributed by atoms with van der Waals surface area (Å²) in [6.07, 6.45) is -2.84. The molecular formula is C6H6F2N4O4S. The molecule has 0 amide bonds. The Morgan fingerprint density at radius 1 is 1.47 bits per heavy atom. The van der Waals surface area contributed by atoms with E-state index in [1.165, 1.54) is 0 Å². The topological polar surface area (TPSA) is 142 Å². The molecule has 1 aromatic rings. The van der Waals surface area contributed by atoms with Crippen LogP contribution in [0.3, 0.4) is 0 Å². The average Bonchev–Trinajstić information content (AvgIpc) is 2.14. The van der Waals surface area contributed by atoms with Crippen LogP contribution >= 0.6 is 0 Å². The number of nitro groups is 1. The number of hydrogen-bond donors (Lipinski definition) is 2. The van der Waals surface area contributed by atoms with Crippen molar-refractivity contribution in [3.05, 3.63) is 21.9 Å². The molecular weight excluding hydrogens is 262 g/mol.